The predicted octanol–water partition coefficient (Wildman–Crippen LogP) is 2.37. The molecule has 1 fully saturated rings. The summed E-state index contributed by atoms with van der Waals surface area (Å²) < 4.78 is 33.3. The van der Waals surface area contributed by atoms with Gasteiger partial charge in [0, 0.05) is 31.6 Å². The van der Waals surface area contributed by atoms with E-state index < -0.39 is 10.0 Å². The molecule has 0 aliphatic carbocycles. The smallest absolute Gasteiger partial charge is 0.263 e. The van der Waals surface area contributed by atoms with E-state index in [1.54, 1.807) is 38.4 Å². The lowest BCUT2D eigenvalue weighted by atomic mass is 9.89. The highest BCUT2D eigenvalue weighted by molar-refractivity contribution is 7.89. The van der Waals surface area contributed by atoms with Gasteiger partial charge in [0.15, 0.2) is 5.78 Å². The second-order valence-corrected chi connectivity index (χ2v) is 8.43. The topological polar surface area (TPSA) is 81.5 Å². The van der Waals surface area contributed by atoms with Crippen LogP contribution in [0.25, 0.3) is 0 Å². The fourth-order valence-electron chi connectivity index (χ4n) is 3.04. The molecule has 1 aliphatic rings. The normalized spacial score (nSPS) is 16.6. The number of carbonyl (C=O) groups is 1. The minimum atomic E-state index is -3.75. The van der Waals surface area contributed by atoms with Gasteiger partial charge in [-0.05, 0) is 37.1 Å². The van der Waals surface area contributed by atoms with Crippen molar-refractivity contribution < 1.29 is 17.9 Å². The summed E-state index contributed by atoms with van der Waals surface area (Å²) in [6.45, 7) is 0.531. The van der Waals surface area contributed by atoms with Crippen LogP contribution in [0.5, 0.6) is 5.75 Å². The van der Waals surface area contributed by atoms with E-state index in [9.17, 15) is 13.2 Å². The van der Waals surface area contributed by atoms with Crippen LogP contribution in [0.4, 0.5) is 0 Å². The third kappa shape index (κ3) is 3.49. The number of carbonyl (C=O) groups excluding carboxylic acids is 1. The van der Waals surface area contributed by atoms with Gasteiger partial charge in [0.1, 0.15) is 10.9 Å². The monoisotopic (exact) mass is 397 g/mol. The second kappa shape index (κ2) is 7.38. The standard InChI is InChI=1S/C17H20ClN3O4S/c1-20-11-19-17(16(20)18)26(23,24)21-9-7-13(8-10-21)15(22)12-3-5-14(25-2)6-4-12/h3-6,11,13H,7-10H2,1-2H3. The highest BCUT2D eigenvalue weighted by Crippen LogP contribution is 2.28. The number of rotatable bonds is 5. The molecule has 0 atom stereocenters. The molecular formula is C17H20ClN3O4S. The number of ketones is 1. The van der Waals surface area contributed by atoms with E-state index in [1.165, 1.54) is 15.2 Å². The van der Waals surface area contributed by atoms with E-state index >= 15 is 0 Å². The fraction of sp³-hybridized carbons (Fsp3) is 0.412. The number of aryl methyl sites for hydroxylation is 1. The molecule has 2 aromatic rings. The first-order valence-corrected chi connectivity index (χ1v) is 10.0. The van der Waals surface area contributed by atoms with E-state index in [0.29, 0.717) is 24.2 Å². The maximum Gasteiger partial charge on any atom is 0.263 e. The number of sulfonamides is 1. The molecule has 0 spiro atoms. The van der Waals surface area contributed by atoms with Crippen molar-refractivity contribution in [3.8, 4) is 5.75 Å². The number of methoxy groups -OCH3 is 1. The molecule has 1 aliphatic heterocycles. The van der Waals surface area contributed by atoms with Gasteiger partial charge >= 0.3 is 0 Å². The van der Waals surface area contributed by atoms with E-state index in [4.69, 9.17) is 16.3 Å². The van der Waals surface area contributed by atoms with Gasteiger partial charge < -0.3 is 9.30 Å². The maximum absolute atomic E-state index is 12.7. The molecular weight excluding hydrogens is 378 g/mol. The van der Waals surface area contributed by atoms with Crippen LogP contribution >= 0.6 is 11.6 Å². The first-order chi connectivity index (χ1) is 12.3. The van der Waals surface area contributed by atoms with Crippen LogP contribution < -0.4 is 4.74 Å². The van der Waals surface area contributed by atoms with Crippen molar-refractivity contribution in [2.45, 2.75) is 17.9 Å². The zero-order valence-corrected chi connectivity index (χ0v) is 16.1. The van der Waals surface area contributed by atoms with Gasteiger partial charge in [0.05, 0.1) is 13.4 Å². The van der Waals surface area contributed by atoms with E-state index in [1.807, 2.05) is 0 Å². The Morgan fingerprint density at radius 1 is 1.23 bits per heavy atom. The summed E-state index contributed by atoms with van der Waals surface area (Å²) in [6.07, 6.45) is 2.30. The minimum Gasteiger partial charge on any atom is -0.497 e. The van der Waals surface area contributed by atoms with Crippen LogP contribution in [0.15, 0.2) is 35.6 Å². The molecule has 0 amide bonds. The van der Waals surface area contributed by atoms with Crippen LogP contribution in [0.3, 0.4) is 0 Å². The van der Waals surface area contributed by atoms with Crippen molar-refractivity contribution in [2.75, 3.05) is 20.2 Å². The zero-order valence-electron chi connectivity index (χ0n) is 14.6. The molecule has 2 heterocycles. The van der Waals surface area contributed by atoms with Gasteiger partial charge in [-0.2, -0.15) is 4.31 Å². The molecule has 7 nitrogen and oxygen atoms in total. The lowest BCUT2D eigenvalue weighted by Crippen LogP contribution is -2.40. The molecule has 26 heavy (non-hydrogen) atoms. The van der Waals surface area contributed by atoms with Crippen molar-refractivity contribution >= 4 is 27.4 Å². The van der Waals surface area contributed by atoms with Crippen molar-refractivity contribution in [3.63, 3.8) is 0 Å². The molecule has 0 unspecified atom stereocenters. The molecule has 140 valence electrons. The number of hydrogen-bond donors (Lipinski definition) is 0. The fourth-order valence-corrected chi connectivity index (χ4v) is 4.90. The van der Waals surface area contributed by atoms with Crippen LogP contribution in [-0.4, -0.2) is 48.3 Å². The Morgan fingerprint density at radius 3 is 2.35 bits per heavy atom. The molecule has 9 heteroatoms. The average Bonchev–Trinajstić information content (AvgIpc) is 3.01. The zero-order chi connectivity index (χ0) is 18.9. The van der Waals surface area contributed by atoms with Crippen LogP contribution in [0.2, 0.25) is 5.15 Å². The maximum atomic E-state index is 12.7. The minimum absolute atomic E-state index is 0.0283. The Balaban J connectivity index is 1.68. The quantitative estimate of drug-likeness (QED) is 0.723. The summed E-state index contributed by atoms with van der Waals surface area (Å²) in [5, 5.41) is -0.0527. The Hall–Kier alpha value is -1.90. The first-order valence-electron chi connectivity index (χ1n) is 8.20. The molecule has 1 aromatic carbocycles. The first kappa shape index (κ1) is 18.9. The van der Waals surface area contributed by atoms with Crippen LogP contribution in [-0.2, 0) is 17.1 Å². The van der Waals surface area contributed by atoms with Gasteiger partial charge in [-0.1, -0.05) is 11.6 Å². The number of piperidine rings is 1. The summed E-state index contributed by atoms with van der Waals surface area (Å²) in [7, 11) is -0.550. The number of imidazole rings is 1. The highest BCUT2D eigenvalue weighted by atomic mass is 35.5. The van der Waals surface area contributed by atoms with Crippen molar-refractivity contribution in [1.29, 1.82) is 0 Å². The number of nitrogens with zero attached hydrogens (tertiary/aromatic N) is 3. The average molecular weight is 398 g/mol. The Labute approximate surface area is 157 Å². The summed E-state index contributed by atoms with van der Waals surface area (Å²) in [5.74, 6) is 0.518. The van der Waals surface area contributed by atoms with Gasteiger partial charge in [-0.15, -0.1) is 0 Å². The van der Waals surface area contributed by atoms with E-state index in [0.717, 1.165) is 0 Å². The summed E-state index contributed by atoms with van der Waals surface area (Å²) in [6, 6.07) is 6.96. The number of Topliss-reactive ketones (excluding diaryl/α,β-unsaturated/α-hetero) is 1. The van der Waals surface area contributed by atoms with Gasteiger partial charge in [-0.25, -0.2) is 13.4 Å². The predicted molar refractivity (Wildman–Crippen MR) is 97.0 cm³/mol. The highest BCUT2D eigenvalue weighted by Gasteiger charge is 2.35. The lowest BCUT2D eigenvalue weighted by Gasteiger charge is -2.30. The van der Waals surface area contributed by atoms with E-state index in [2.05, 4.69) is 4.98 Å². The molecule has 3 rings (SSSR count). The molecule has 1 saturated heterocycles. The van der Waals surface area contributed by atoms with Crippen molar-refractivity contribution in [2.24, 2.45) is 13.0 Å². The molecule has 0 radical (unpaired) electrons. The number of ether oxygens (including phenoxy) is 1. The van der Waals surface area contributed by atoms with Crippen molar-refractivity contribution in [3.05, 3.63) is 41.3 Å². The molecule has 0 N–H and O–H groups in total. The summed E-state index contributed by atoms with van der Waals surface area (Å²) >= 11 is 6.03. The second-order valence-electron chi connectivity index (χ2n) is 6.22. The molecule has 1 aromatic heterocycles. The summed E-state index contributed by atoms with van der Waals surface area (Å²) in [5.41, 5.74) is 0.611. The summed E-state index contributed by atoms with van der Waals surface area (Å²) in [4.78, 5) is 16.5. The Bertz CT molecular complexity index is 901. The van der Waals surface area contributed by atoms with Crippen LogP contribution in [0.1, 0.15) is 23.2 Å². The number of hydrogen-bond acceptors (Lipinski definition) is 5. The number of aromatic nitrogens is 2. The molecule has 0 saturated carbocycles. The number of benzene rings is 1. The van der Waals surface area contributed by atoms with Crippen molar-refractivity contribution in [1.82, 2.24) is 13.9 Å². The SMILES string of the molecule is COc1ccc(C(=O)C2CCN(S(=O)(=O)c3ncn(C)c3Cl)CC2)cc1. The lowest BCUT2D eigenvalue weighted by molar-refractivity contribution is 0.0875. The van der Waals surface area contributed by atoms with Gasteiger partial charge in [0.2, 0.25) is 5.03 Å². The van der Waals surface area contributed by atoms with Gasteiger partial charge in [-0.3, -0.25) is 4.79 Å². The number of halogens is 1. The van der Waals surface area contributed by atoms with Gasteiger partial charge in [0.25, 0.3) is 10.0 Å². The van der Waals surface area contributed by atoms with E-state index in [-0.39, 0.29) is 35.0 Å². The van der Waals surface area contributed by atoms with Crippen LogP contribution in [0, 0.1) is 5.92 Å². The Kier molecular flexibility index (Phi) is 5.36. The molecule has 0 bridgehead atoms. The third-order valence-electron chi connectivity index (χ3n) is 4.62. The largest absolute Gasteiger partial charge is 0.497 e. The Morgan fingerprint density at radius 2 is 1.85 bits per heavy atom. The third-order valence-corrected chi connectivity index (χ3v) is 7.01.